The van der Waals surface area contributed by atoms with Crippen LogP contribution in [0.3, 0.4) is 0 Å². The first-order valence-corrected chi connectivity index (χ1v) is 10.0. The van der Waals surface area contributed by atoms with Crippen LogP contribution in [0.15, 0.2) is 65.8 Å². The third-order valence-electron chi connectivity index (χ3n) is 4.19. The molecule has 0 saturated carbocycles. The highest BCUT2D eigenvalue weighted by molar-refractivity contribution is 7.91. The molecule has 5 nitrogen and oxygen atoms in total. The monoisotopic (exact) mass is 356 g/mol. The van der Waals surface area contributed by atoms with Gasteiger partial charge in [-0.25, -0.2) is 13.8 Å². The van der Waals surface area contributed by atoms with Crippen molar-refractivity contribution >= 4 is 21.5 Å². The van der Waals surface area contributed by atoms with E-state index in [0.717, 1.165) is 11.1 Å². The quantitative estimate of drug-likeness (QED) is 0.660. The average Bonchev–Trinajstić information content (AvgIpc) is 2.95. The summed E-state index contributed by atoms with van der Waals surface area (Å²) in [5.74, 6) is -0.106. The summed E-state index contributed by atoms with van der Waals surface area (Å²) in [7, 11) is -2.97. The Morgan fingerprint density at radius 3 is 2.04 bits per heavy atom. The van der Waals surface area contributed by atoms with Crippen LogP contribution in [0.5, 0.6) is 0 Å². The molecule has 25 heavy (non-hydrogen) atoms. The zero-order valence-corrected chi connectivity index (χ0v) is 14.6. The molecule has 1 aliphatic rings. The summed E-state index contributed by atoms with van der Waals surface area (Å²) in [5.41, 5.74) is 5.06. The van der Waals surface area contributed by atoms with Crippen molar-refractivity contribution in [3.05, 3.63) is 71.8 Å². The van der Waals surface area contributed by atoms with E-state index in [1.807, 2.05) is 60.7 Å². The molecule has 130 valence electrons. The lowest BCUT2D eigenvalue weighted by Gasteiger charge is -2.09. The summed E-state index contributed by atoms with van der Waals surface area (Å²) in [6.07, 6.45) is 0.725. The molecule has 0 aliphatic carbocycles. The van der Waals surface area contributed by atoms with Crippen molar-refractivity contribution in [3.8, 4) is 0 Å². The van der Waals surface area contributed by atoms with E-state index in [1.54, 1.807) is 0 Å². The van der Waals surface area contributed by atoms with Crippen LogP contribution in [0.25, 0.3) is 0 Å². The topological polar surface area (TPSA) is 75.6 Å². The Morgan fingerprint density at radius 2 is 1.56 bits per heavy atom. The molecule has 1 aliphatic heterocycles. The number of rotatable bonds is 5. The molecule has 2 aromatic carbocycles. The van der Waals surface area contributed by atoms with Crippen LogP contribution in [0, 0.1) is 5.92 Å². The van der Waals surface area contributed by atoms with Gasteiger partial charge in [0.05, 0.1) is 17.2 Å². The van der Waals surface area contributed by atoms with Gasteiger partial charge < -0.3 is 0 Å². The summed E-state index contributed by atoms with van der Waals surface area (Å²) in [6.45, 7) is 0. The highest BCUT2D eigenvalue weighted by Gasteiger charge is 2.29. The smallest absolute Gasteiger partial charge is 0.240 e. The Balaban J connectivity index is 1.74. The van der Waals surface area contributed by atoms with Crippen molar-refractivity contribution < 1.29 is 13.2 Å². The highest BCUT2D eigenvalue weighted by Crippen LogP contribution is 2.21. The van der Waals surface area contributed by atoms with Crippen molar-refractivity contribution in [3.63, 3.8) is 0 Å². The van der Waals surface area contributed by atoms with Gasteiger partial charge in [-0.15, -0.1) is 0 Å². The zero-order chi connectivity index (χ0) is 17.7. The standard InChI is InChI=1S/C19H20N2O3S/c22-18(13-15-11-12-25(23,24)14-15)20-21-19(16-7-3-1-4-8-16)17-9-5-2-6-10-17/h1-10,15H,11-14H2,(H,20,22). The summed E-state index contributed by atoms with van der Waals surface area (Å²) in [4.78, 5) is 12.2. The third kappa shape index (κ3) is 4.76. The summed E-state index contributed by atoms with van der Waals surface area (Å²) >= 11 is 0. The fourth-order valence-electron chi connectivity index (χ4n) is 2.95. The number of sulfone groups is 1. The van der Waals surface area contributed by atoms with Crippen molar-refractivity contribution in [2.45, 2.75) is 12.8 Å². The van der Waals surface area contributed by atoms with Gasteiger partial charge in [0.2, 0.25) is 5.91 Å². The number of nitrogens with zero attached hydrogens (tertiary/aromatic N) is 1. The Morgan fingerprint density at radius 1 is 1.00 bits per heavy atom. The van der Waals surface area contributed by atoms with Gasteiger partial charge in [-0.1, -0.05) is 60.7 Å². The lowest BCUT2D eigenvalue weighted by atomic mass is 10.0. The minimum atomic E-state index is -2.97. The number of hydrogen-bond donors (Lipinski definition) is 1. The molecule has 3 rings (SSSR count). The number of nitrogens with one attached hydrogen (secondary N) is 1. The minimum absolute atomic E-state index is 0.0916. The molecule has 0 spiro atoms. The van der Waals surface area contributed by atoms with E-state index in [9.17, 15) is 13.2 Å². The molecular weight excluding hydrogens is 336 g/mol. The van der Waals surface area contributed by atoms with Crippen LogP contribution in [0.4, 0.5) is 0 Å². The molecule has 0 aromatic heterocycles. The number of amides is 1. The molecule has 1 N–H and O–H groups in total. The number of benzene rings is 2. The molecule has 0 bridgehead atoms. The number of carbonyl (C=O) groups is 1. The summed E-state index contributed by atoms with van der Waals surface area (Å²) in [5, 5.41) is 4.31. The first-order valence-electron chi connectivity index (χ1n) is 8.21. The predicted molar refractivity (Wildman–Crippen MR) is 98.0 cm³/mol. The normalized spacial score (nSPS) is 18.5. The number of carbonyl (C=O) groups excluding carboxylic acids is 1. The molecule has 0 radical (unpaired) electrons. The van der Waals surface area contributed by atoms with Crippen LogP contribution in [-0.4, -0.2) is 31.5 Å². The molecule has 1 saturated heterocycles. The summed E-state index contributed by atoms with van der Waals surface area (Å²) < 4.78 is 23.0. The molecule has 1 amide bonds. The maximum atomic E-state index is 12.2. The molecule has 1 fully saturated rings. The van der Waals surface area contributed by atoms with Gasteiger partial charge in [-0.2, -0.15) is 5.10 Å². The lowest BCUT2D eigenvalue weighted by molar-refractivity contribution is -0.121. The molecular formula is C19H20N2O3S. The number of hydrogen-bond acceptors (Lipinski definition) is 4. The second kappa shape index (κ2) is 7.61. The van der Waals surface area contributed by atoms with Gasteiger partial charge in [0.15, 0.2) is 9.84 Å². The SMILES string of the molecule is O=C(CC1CCS(=O)(=O)C1)NN=C(c1ccccc1)c1ccccc1. The van der Waals surface area contributed by atoms with Gasteiger partial charge in [0.25, 0.3) is 0 Å². The lowest BCUT2D eigenvalue weighted by Crippen LogP contribution is -2.23. The van der Waals surface area contributed by atoms with E-state index < -0.39 is 9.84 Å². The molecule has 6 heteroatoms. The van der Waals surface area contributed by atoms with Crippen LogP contribution in [-0.2, 0) is 14.6 Å². The van der Waals surface area contributed by atoms with E-state index in [2.05, 4.69) is 10.5 Å². The van der Waals surface area contributed by atoms with E-state index in [0.29, 0.717) is 12.1 Å². The van der Waals surface area contributed by atoms with Gasteiger partial charge in [-0.05, 0) is 12.3 Å². The van der Waals surface area contributed by atoms with Crippen molar-refractivity contribution in [2.75, 3.05) is 11.5 Å². The Bertz CT molecular complexity index is 821. The fraction of sp³-hybridized carbons (Fsp3) is 0.263. The molecule has 1 heterocycles. The maximum Gasteiger partial charge on any atom is 0.240 e. The largest absolute Gasteiger partial charge is 0.273 e. The van der Waals surface area contributed by atoms with Gasteiger partial charge >= 0.3 is 0 Å². The van der Waals surface area contributed by atoms with E-state index in [-0.39, 0.29) is 29.8 Å². The second-order valence-corrected chi connectivity index (χ2v) is 8.43. The fourth-order valence-corrected chi connectivity index (χ4v) is 4.81. The Hall–Kier alpha value is -2.47. The summed E-state index contributed by atoms with van der Waals surface area (Å²) in [6, 6.07) is 19.2. The zero-order valence-electron chi connectivity index (χ0n) is 13.8. The Labute approximate surface area is 147 Å². The number of hydrazone groups is 1. The first-order chi connectivity index (χ1) is 12.0. The van der Waals surface area contributed by atoms with Gasteiger partial charge in [0, 0.05) is 17.5 Å². The van der Waals surface area contributed by atoms with Crippen molar-refractivity contribution in [1.82, 2.24) is 5.43 Å². The van der Waals surface area contributed by atoms with E-state index in [1.165, 1.54) is 0 Å². The first kappa shape index (κ1) is 17.4. The van der Waals surface area contributed by atoms with Gasteiger partial charge in [-0.3, -0.25) is 4.79 Å². The molecule has 1 unspecified atom stereocenters. The van der Waals surface area contributed by atoms with Crippen LogP contribution in [0.2, 0.25) is 0 Å². The molecule has 1 atom stereocenters. The van der Waals surface area contributed by atoms with Crippen molar-refractivity contribution in [1.29, 1.82) is 0 Å². The minimum Gasteiger partial charge on any atom is -0.273 e. The van der Waals surface area contributed by atoms with E-state index >= 15 is 0 Å². The van der Waals surface area contributed by atoms with Crippen LogP contribution >= 0.6 is 0 Å². The van der Waals surface area contributed by atoms with E-state index in [4.69, 9.17) is 0 Å². The maximum absolute atomic E-state index is 12.2. The Kier molecular flexibility index (Phi) is 5.28. The van der Waals surface area contributed by atoms with Gasteiger partial charge in [0.1, 0.15) is 0 Å². The van der Waals surface area contributed by atoms with Crippen LogP contribution in [0.1, 0.15) is 24.0 Å². The second-order valence-electron chi connectivity index (χ2n) is 6.20. The predicted octanol–water partition coefficient (Wildman–Crippen LogP) is 2.38. The molecule has 2 aromatic rings. The van der Waals surface area contributed by atoms with Crippen molar-refractivity contribution in [2.24, 2.45) is 11.0 Å². The van der Waals surface area contributed by atoms with Crippen LogP contribution < -0.4 is 5.43 Å². The third-order valence-corrected chi connectivity index (χ3v) is 6.02. The average molecular weight is 356 g/mol. The highest BCUT2D eigenvalue weighted by atomic mass is 32.2.